The maximum atomic E-state index is 6.00. The number of hydrogen-bond donors (Lipinski definition) is 1. The van der Waals surface area contributed by atoms with Crippen LogP contribution in [0, 0.1) is 0 Å². The van der Waals surface area contributed by atoms with Crippen LogP contribution in [0.4, 0.5) is 5.69 Å². The van der Waals surface area contributed by atoms with Crippen LogP contribution in [0.15, 0.2) is 34.7 Å². The van der Waals surface area contributed by atoms with Crippen molar-refractivity contribution >= 4 is 28.4 Å². The van der Waals surface area contributed by atoms with Crippen LogP contribution in [0.25, 0.3) is 22.6 Å². The number of nitrogen functional groups attached to an aromatic ring is 1. The number of halogens is 1. The molecule has 0 spiro atoms. The van der Waals surface area contributed by atoms with Crippen LogP contribution in [0.3, 0.4) is 0 Å². The summed E-state index contributed by atoms with van der Waals surface area (Å²) in [6.07, 6.45) is 0.919. The van der Waals surface area contributed by atoms with Crippen molar-refractivity contribution in [2.75, 3.05) is 12.3 Å². The third-order valence-electron chi connectivity index (χ3n) is 3.44. The molecule has 1 aromatic heterocycles. The molecule has 4 nitrogen and oxygen atoms in total. The summed E-state index contributed by atoms with van der Waals surface area (Å²) in [5.41, 5.74) is 9.72. The Kier molecular flexibility index (Phi) is 2.41. The number of anilines is 1. The van der Waals surface area contributed by atoms with E-state index >= 15 is 0 Å². The molecule has 0 bridgehead atoms. The van der Waals surface area contributed by atoms with Gasteiger partial charge < -0.3 is 14.9 Å². The molecule has 0 amide bonds. The minimum Gasteiger partial charge on any atom is -0.493 e. The highest BCUT2D eigenvalue weighted by Crippen LogP contribution is 2.33. The number of oxazole rings is 1. The normalized spacial score (nSPS) is 13.4. The molecular weight excluding hydrogens is 276 g/mol. The van der Waals surface area contributed by atoms with Crippen LogP contribution < -0.4 is 10.5 Å². The summed E-state index contributed by atoms with van der Waals surface area (Å²) in [6.45, 7) is 0.735. The van der Waals surface area contributed by atoms with E-state index in [1.165, 1.54) is 5.56 Å². The smallest absolute Gasteiger partial charge is 0.227 e. The number of hydrogen-bond acceptors (Lipinski definition) is 4. The van der Waals surface area contributed by atoms with Crippen LogP contribution >= 0.6 is 11.6 Å². The van der Waals surface area contributed by atoms with E-state index in [2.05, 4.69) is 11.1 Å². The van der Waals surface area contributed by atoms with Crippen molar-refractivity contribution < 1.29 is 9.15 Å². The molecule has 0 aliphatic carbocycles. The molecule has 1 aliphatic heterocycles. The molecule has 2 N–H and O–H groups in total. The number of nitrogens with zero attached hydrogens (tertiary/aromatic N) is 1. The predicted octanol–water partition coefficient (Wildman–Crippen LogP) is 3.67. The Bertz CT molecular complexity index is 787. The van der Waals surface area contributed by atoms with Crippen molar-refractivity contribution in [3.05, 3.63) is 40.9 Å². The molecule has 0 fully saturated rings. The minimum atomic E-state index is 0.486. The van der Waals surface area contributed by atoms with Gasteiger partial charge in [0.25, 0.3) is 0 Å². The Balaban J connectivity index is 1.86. The first-order chi connectivity index (χ1) is 9.70. The molecule has 5 heteroatoms. The van der Waals surface area contributed by atoms with E-state index in [0.717, 1.165) is 24.3 Å². The average molecular weight is 287 g/mol. The highest BCUT2D eigenvalue weighted by atomic mass is 35.5. The second-order valence-corrected chi connectivity index (χ2v) is 5.19. The minimum absolute atomic E-state index is 0.486. The third kappa shape index (κ3) is 1.72. The van der Waals surface area contributed by atoms with Gasteiger partial charge in [-0.15, -0.1) is 0 Å². The van der Waals surface area contributed by atoms with Crippen molar-refractivity contribution in [3.8, 4) is 17.2 Å². The molecule has 100 valence electrons. The highest BCUT2D eigenvalue weighted by Gasteiger charge is 2.15. The Hall–Kier alpha value is -2.20. The second-order valence-electron chi connectivity index (χ2n) is 4.78. The van der Waals surface area contributed by atoms with Crippen molar-refractivity contribution in [1.82, 2.24) is 4.98 Å². The van der Waals surface area contributed by atoms with E-state index < -0.39 is 0 Å². The van der Waals surface area contributed by atoms with Gasteiger partial charge in [0, 0.05) is 18.1 Å². The van der Waals surface area contributed by atoms with Gasteiger partial charge in [0.05, 0.1) is 17.3 Å². The number of fused-ring (bicyclic) bond motifs is 2. The summed E-state index contributed by atoms with van der Waals surface area (Å²) in [5.74, 6) is 1.51. The first-order valence-corrected chi connectivity index (χ1v) is 6.70. The Morgan fingerprint density at radius 2 is 2.10 bits per heavy atom. The van der Waals surface area contributed by atoms with Crippen LogP contribution in [0.5, 0.6) is 5.75 Å². The lowest BCUT2D eigenvalue weighted by molar-refractivity contribution is 0.357. The zero-order valence-corrected chi connectivity index (χ0v) is 11.3. The van der Waals surface area contributed by atoms with Crippen LogP contribution in [0.1, 0.15) is 5.56 Å². The van der Waals surface area contributed by atoms with E-state index in [1.54, 1.807) is 12.1 Å². The van der Waals surface area contributed by atoms with Gasteiger partial charge in [0.2, 0.25) is 5.89 Å². The molecule has 0 saturated heterocycles. The molecule has 4 rings (SSSR count). The fourth-order valence-corrected chi connectivity index (χ4v) is 2.57. The SMILES string of the molecule is Nc1cc2oc(-c3ccc4c(c3)CCO4)nc2cc1Cl. The summed E-state index contributed by atoms with van der Waals surface area (Å²) in [4.78, 5) is 4.46. The summed E-state index contributed by atoms with van der Waals surface area (Å²) in [7, 11) is 0. The monoisotopic (exact) mass is 286 g/mol. The van der Waals surface area contributed by atoms with Gasteiger partial charge in [-0.05, 0) is 29.8 Å². The number of rotatable bonds is 1. The molecule has 0 saturated carbocycles. The summed E-state index contributed by atoms with van der Waals surface area (Å²) < 4.78 is 11.3. The molecule has 0 unspecified atom stereocenters. The van der Waals surface area contributed by atoms with E-state index in [9.17, 15) is 0 Å². The fraction of sp³-hybridized carbons (Fsp3) is 0.133. The zero-order chi connectivity index (χ0) is 13.7. The van der Waals surface area contributed by atoms with E-state index in [4.69, 9.17) is 26.5 Å². The van der Waals surface area contributed by atoms with Gasteiger partial charge in [-0.1, -0.05) is 11.6 Å². The fourth-order valence-electron chi connectivity index (χ4n) is 2.41. The van der Waals surface area contributed by atoms with Crippen LogP contribution in [-0.4, -0.2) is 11.6 Å². The quantitative estimate of drug-likeness (QED) is 0.693. The Labute approximate surface area is 120 Å². The summed E-state index contributed by atoms with van der Waals surface area (Å²) in [6, 6.07) is 9.37. The van der Waals surface area contributed by atoms with Gasteiger partial charge in [-0.3, -0.25) is 0 Å². The van der Waals surface area contributed by atoms with Gasteiger partial charge in [0.15, 0.2) is 5.58 Å². The molecule has 0 atom stereocenters. The maximum absolute atomic E-state index is 6.00. The van der Waals surface area contributed by atoms with Crippen molar-refractivity contribution in [2.24, 2.45) is 0 Å². The highest BCUT2D eigenvalue weighted by molar-refractivity contribution is 6.33. The van der Waals surface area contributed by atoms with Gasteiger partial charge in [-0.2, -0.15) is 0 Å². The number of ether oxygens (including phenoxy) is 1. The molecule has 2 aromatic carbocycles. The van der Waals surface area contributed by atoms with E-state index in [1.807, 2.05) is 12.1 Å². The predicted molar refractivity (Wildman–Crippen MR) is 78.1 cm³/mol. The third-order valence-corrected chi connectivity index (χ3v) is 3.77. The molecule has 1 aliphatic rings. The number of aromatic nitrogens is 1. The zero-order valence-electron chi connectivity index (χ0n) is 10.5. The lowest BCUT2D eigenvalue weighted by atomic mass is 10.1. The largest absolute Gasteiger partial charge is 0.493 e. The topological polar surface area (TPSA) is 61.3 Å². The number of benzene rings is 2. The van der Waals surface area contributed by atoms with Gasteiger partial charge >= 0.3 is 0 Å². The van der Waals surface area contributed by atoms with Gasteiger partial charge in [0.1, 0.15) is 11.3 Å². The second kappa shape index (κ2) is 4.15. The number of nitrogens with two attached hydrogens (primary N) is 1. The first-order valence-electron chi connectivity index (χ1n) is 6.32. The molecule has 20 heavy (non-hydrogen) atoms. The lowest BCUT2D eigenvalue weighted by Gasteiger charge is -2.00. The van der Waals surface area contributed by atoms with Crippen LogP contribution in [-0.2, 0) is 6.42 Å². The Morgan fingerprint density at radius 1 is 1.20 bits per heavy atom. The molecule has 0 radical (unpaired) electrons. The Morgan fingerprint density at radius 3 is 3.00 bits per heavy atom. The van der Waals surface area contributed by atoms with Crippen molar-refractivity contribution in [1.29, 1.82) is 0 Å². The van der Waals surface area contributed by atoms with Gasteiger partial charge in [-0.25, -0.2) is 4.98 Å². The molecular formula is C15H11ClN2O2. The molecule has 3 aromatic rings. The van der Waals surface area contributed by atoms with Crippen molar-refractivity contribution in [2.45, 2.75) is 6.42 Å². The average Bonchev–Trinajstić information content (AvgIpc) is 3.04. The van der Waals surface area contributed by atoms with E-state index in [0.29, 0.717) is 27.7 Å². The van der Waals surface area contributed by atoms with Crippen molar-refractivity contribution in [3.63, 3.8) is 0 Å². The summed E-state index contributed by atoms with van der Waals surface area (Å²) >= 11 is 6.00. The molecule has 2 heterocycles. The maximum Gasteiger partial charge on any atom is 0.227 e. The standard InChI is InChI=1S/C15H11ClN2O2/c16-10-6-12-14(7-11(10)17)20-15(18-12)9-1-2-13-8(5-9)3-4-19-13/h1-2,5-7H,3-4,17H2. The van der Waals surface area contributed by atoms with Crippen LogP contribution in [0.2, 0.25) is 5.02 Å². The first kappa shape index (κ1) is 11.6. The van der Waals surface area contributed by atoms with E-state index in [-0.39, 0.29) is 0 Å². The summed E-state index contributed by atoms with van der Waals surface area (Å²) in [5, 5.41) is 0.486. The lowest BCUT2D eigenvalue weighted by Crippen LogP contribution is -1.85.